The Kier molecular flexibility index (Phi) is 7.86. The van der Waals surface area contributed by atoms with Gasteiger partial charge < -0.3 is 4.90 Å². The maximum atomic E-state index is 13.5. The average Bonchev–Trinajstić information content (AvgIpc) is 3.42. The molecule has 8 heteroatoms. The van der Waals surface area contributed by atoms with Gasteiger partial charge in [0.05, 0.1) is 10.5 Å². The zero-order chi connectivity index (χ0) is 23.4. The van der Waals surface area contributed by atoms with Crippen LogP contribution < -0.4 is 10.5 Å². The lowest BCUT2D eigenvalue weighted by molar-refractivity contribution is -0.122. The van der Waals surface area contributed by atoms with Gasteiger partial charge in [-0.2, -0.15) is 0 Å². The van der Waals surface area contributed by atoms with Gasteiger partial charge in [0.25, 0.3) is 11.5 Å². The standard InChI is InChI=1S/C25H32N4O2S2/c1-3-4-5-6-7-8-15-28-24(31)20(33-25(28)32)16-19-22(27-13-9-10-14-27)26-21-12-11-18(2)17-29(21)23(19)30/h11-12,16-17H,3-10,13-15H2,1-2H3/b20-16+. The Morgan fingerprint density at radius 3 is 2.58 bits per heavy atom. The van der Waals surface area contributed by atoms with Crippen molar-refractivity contribution in [2.75, 3.05) is 24.5 Å². The number of carbonyl (C=O) groups is 1. The third-order valence-corrected chi connectivity index (χ3v) is 7.65. The maximum absolute atomic E-state index is 13.5. The second-order valence-corrected chi connectivity index (χ2v) is 10.6. The van der Waals surface area contributed by atoms with Crippen LogP contribution >= 0.6 is 24.0 Å². The summed E-state index contributed by atoms with van der Waals surface area (Å²) >= 11 is 6.81. The van der Waals surface area contributed by atoms with Gasteiger partial charge in [-0.3, -0.25) is 18.9 Å². The molecule has 2 aliphatic heterocycles. The van der Waals surface area contributed by atoms with Crippen molar-refractivity contribution in [2.45, 2.75) is 65.2 Å². The fourth-order valence-corrected chi connectivity index (χ4v) is 5.71. The van der Waals surface area contributed by atoms with Crippen LogP contribution in [0.3, 0.4) is 0 Å². The number of amides is 1. The van der Waals surface area contributed by atoms with E-state index in [4.69, 9.17) is 17.2 Å². The van der Waals surface area contributed by atoms with Gasteiger partial charge in [-0.25, -0.2) is 4.98 Å². The van der Waals surface area contributed by atoms with E-state index < -0.39 is 0 Å². The van der Waals surface area contributed by atoms with Crippen LogP contribution in [-0.4, -0.2) is 44.1 Å². The van der Waals surface area contributed by atoms with Gasteiger partial charge >= 0.3 is 0 Å². The molecular formula is C25H32N4O2S2. The topological polar surface area (TPSA) is 57.9 Å². The van der Waals surface area contributed by atoms with E-state index in [2.05, 4.69) is 11.8 Å². The smallest absolute Gasteiger partial charge is 0.267 e. The molecule has 0 bridgehead atoms. The molecule has 176 valence electrons. The molecule has 2 fully saturated rings. The number of thioether (sulfide) groups is 1. The Morgan fingerprint density at radius 1 is 1.09 bits per heavy atom. The minimum atomic E-state index is -0.146. The highest BCUT2D eigenvalue weighted by molar-refractivity contribution is 8.26. The van der Waals surface area contributed by atoms with Crippen molar-refractivity contribution < 1.29 is 4.79 Å². The molecule has 1 amide bonds. The van der Waals surface area contributed by atoms with Crippen molar-refractivity contribution >= 4 is 51.7 Å². The van der Waals surface area contributed by atoms with Gasteiger partial charge in [0.2, 0.25) is 0 Å². The first-order chi connectivity index (χ1) is 16.0. The van der Waals surface area contributed by atoms with Crippen LogP contribution in [0.15, 0.2) is 28.0 Å². The van der Waals surface area contributed by atoms with Crippen molar-refractivity contribution in [3.05, 3.63) is 44.7 Å². The van der Waals surface area contributed by atoms with Gasteiger partial charge in [-0.15, -0.1) is 0 Å². The Labute approximate surface area is 205 Å². The molecule has 4 rings (SSSR count). The van der Waals surface area contributed by atoms with Gasteiger partial charge in [-0.1, -0.05) is 69.1 Å². The number of anilines is 1. The molecular weight excluding hydrogens is 452 g/mol. The normalized spacial score (nSPS) is 17.8. The Bertz CT molecular complexity index is 1140. The lowest BCUT2D eigenvalue weighted by Gasteiger charge is -2.19. The molecule has 0 saturated carbocycles. The number of aromatic nitrogens is 2. The zero-order valence-electron chi connectivity index (χ0n) is 19.5. The summed E-state index contributed by atoms with van der Waals surface area (Å²) in [6.45, 7) is 6.54. The maximum Gasteiger partial charge on any atom is 0.267 e. The van der Waals surface area contributed by atoms with Crippen LogP contribution in [0.25, 0.3) is 11.7 Å². The molecule has 0 radical (unpaired) electrons. The molecule has 0 spiro atoms. The first kappa shape index (κ1) is 24.0. The van der Waals surface area contributed by atoms with Crippen LogP contribution in [-0.2, 0) is 4.79 Å². The largest absolute Gasteiger partial charge is 0.356 e. The lowest BCUT2D eigenvalue weighted by Crippen LogP contribution is -2.29. The molecule has 0 atom stereocenters. The predicted molar refractivity (Wildman–Crippen MR) is 141 cm³/mol. The highest BCUT2D eigenvalue weighted by Gasteiger charge is 2.32. The first-order valence-corrected chi connectivity index (χ1v) is 13.3. The Morgan fingerprint density at radius 2 is 1.82 bits per heavy atom. The van der Waals surface area contributed by atoms with E-state index in [1.807, 2.05) is 19.1 Å². The van der Waals surface area contributed by atoms with Crippen LogP contribution in [0.4, 0.5) is 5.82 Å². The minimum absolute atomic E-state index is 0.0975. The molecule has 0 aliphatic carbocycles. The highest BCUT2D eigenvalue weighted by Crippen LogP contribution is 2.34. The van der Waals surface area contributed by atoms with E-state index in [0.29, 0.717) is 32.8 Å². The third-order valence-electron chi connectivity index (χ3n) is 6.28. The molecule has 33 heavy (non-hydrogen) atoms. The number of unbranched alkanes of at least 4 members (excludes halogenated alkanes) is 5. The first-order valence-electron chi connectivity index (χ1n) is 12.0. The summed E-state index contributed by atoms with van der Waals surface area (Å²) in [5.41, 5.74) is 1.93. The van der Waals surface area contributed by atoms with Gasteiger partial charge in [0.15, 0.2) is 0 Å². The van der Waals surface area contributed by atoms with Crippen molar-refractivity contribution in [3.63, 3.8) is 0 Å². The summed E-state index contributed by atoms with van der Waals surface area (Å²) in [7, 11) is 0. The van der Waals surface area contributed by atoms with E-state index in [1.54, 1.807) is 21.6 Å². The number of pyridine rings is 1. The molecule has 2 aromatic heterocycles. The quantitative estimate of drug-likeness (QED) is 0.278. The van der Waals surface area contributed by atoms with Gasteiger partial charge in [-0.05, 0) is 43.9 Å². The van der Waals surface area contributed by atoms with Crippen LogP contribution in [0.5, 0.6) is 0 Å². The number of fused-ring (bicyclic) bond motifs is 1. The molecule has 4 heterocycles. The Hall–Kier alpha value is -2.19. The SMILES string of the molecule is CCCCCCCCN1C(=O)/C(=C\c2c(N3CCCC3)nc3ccc(C)cn3c2=O)SC1=S. The minimum Gasteiger partial charge on any atom is -0.356 e. The van der Waals surface area contributed by atoms with Crippen LogP contribution in [0.1, 0.15) is 69.4 Å². The van der Waals surface area contributed by atoms with E-state index in [9.17, 15) is 9.59 Å². The summed E-state index contributed by atoms with van der Waals surface area (Å²) < 4.78 is 2.16. The second kappa shape index (κ2) is 10.8. The average molecular weight is 485 g/mol. The number of rotatable bonds is 9. The molecule has 2 aliphatic rings. The van der Waals surface area contributed by atoms with Crippen molar-refractivity contribution in [2.24, 2.45) is 0 Å². The summed E-state index contributed by atoms with van der Waals surface area (Å²) in [4.78, 5) is 35.8. The van der Waals surface area contributed by atoms with Crippen molar-refractivity contribution in [1.82, 2.24) is 14.3 Å². The summed E-state index contributed by atoms with van der Waals surface area (Å²) in [6, 6.07) is 3.84. The monoisotopic (exact) mass is 484 g/mol. The molecule has 2 aromatic rings. The van der Waals surface area contributed by atoms with Crippen molar-refractivity contribution in [1.29, 1.82) is 0 Å². The molecule has 0 unspecified atom stereocenters. The predicted octanol–water partition coefficient (Wildman–Crippen LogP) is 5.16. The Balaban J connectivity index is 1.61. The lowest BCUT2D eigenvalue weighted by atomic mass is 10.1. The molecule has 0 N–H and O–H groups in total. The second-order valence-electron chi connectivity index (χ2n) is 8.88. The highest BCUT2D eigenvalue weighted by atomic mass is 32.2. The van der Waals surface area contributed by atoms with Gasteiger partial charge in [0.1, 0.15) is 15.8 Å². The van der Waals surface area contributed by atoms with Crippen molar-refractivity contribution in [3.8, 4) is 0 Å². The number of carbonyl (C=O) groups excluding carboxylic acids is 1. The van der Waals surface area contributed by atoms with Crippen LogP contribution in [0, 0.1) is 6.92 Å². The summed E-state index contributed by atoms with van der Waals surface area (Å²) in [6.07, 6.45) is 12.6. The molecule has 0 aromatic carbocycles. The fraction of sp³-hybridized carbons (Fsp3) is 0.520. The number of hydrogen-bond donors (Lipinski definition) is 0. The van der Waals surface area contributed by atoms with E-state index in [0.717, 1.165) is 44.3 Å². The third kappa shape index (κ3) is 5.32. The van der Waals surface area contributed by atoms with E-state index in [1.165, 1.54) is 37.4 Å². The number of thiocarbonyl (C=S) groups is 1. The summed E-state index contributed by atoms with van der Waals surface area (Å²) in [5.74, 6) is 0.571. The number of hydrogen-bond acceptors (Lipinski definition) is 6. The molecule has 6 nitrogen and oxygen atoms in total. The van der Waals surface area contributed by atoms with E-state index >= 15 is 0 Å². The fourth-order valence-electron chi connectivity index (χ4n) is 4.42. The van der Waals surface area contributed by atoms with Crippen LogP contribution in [0.2, 0.25) is 0 Å². The number of nitrogens with zero attached hydrogens (tertiary/aromatic N) is 4. The van der Waals surface area contributed by atoms with Gasteiger partial charge in [0, 0.05) is 25.8 Å². The molecule has 2 saturated heterocycles. The van der Waals surface area contributed by atoms with E-state index in [-0.39, 0.29) is 11.5 Å². The zero-order valence-corrected chi connectivity index (χ0v) is 21.1. The summed E-state index contributed by atoms with van der Waals surface area (Å²) in [5, 5.41) is 0. The number of aryl methyl sites for hydroxylation is 1.